The fourth-order valence-electron chi connectivity index (χ4n) is 3.60. The van der Waals surface area contributed by atoms with E-state index in [9.17, 15) is 0 Å². The van der Waals surface area contributed by atoms with E-state index in [1.165, 1.54) is 27.7 Å². The molecule has 2 aromatic heterocycles. The van der Waals surface area contributed by atoms with Gasteiger partial charge in [-0.1, -0.05) is 17.7 Å². The normalized spacial score (nSPS) is 15.0. The molecule has 3 heterocycles. The highest BCUT2D eigenvalue weighted by Crippen LogP contribution is 2.32. The van der Waals surface area contributed by atoms with Crippen molar-refractivity contribution in [2.45, 2.75) is 25.9 Å². The molecule has 0 aliphatic carbocycles. The Labute approximate surface area is 141 Å². The average molecular weight is 326 g/mol. The predicted octanol–water partition coefficient (Wildman–Crippen LogP) is 3.92. The van der Waals surface area contributed by atoms with Crippen LogP contribution >= 0.6 is 11.6 Å². The molecular weight excluding hydrogens is 306 g/mol. The van der Waals surface area contributed by atoms with Crippen LogP contribution < -0.4 is 0 Å². The molecule has 1 aliphatic rings. The number of fused-ring (bicyclic) bond motifs is 3. The molecule has 4 rings (SSSR count). The second-order valence-electron chi connectivity index (χ2n) is 6.33. The van der Waals surface area contributed by atoms with Gasteiger partial charge in [-0.15, -0.1) is 0 Å². The van der Waals surface area contributed by atoms with Gasteiger partial charge in [-0.2, -0.15) is 0 Å². The fraction of sp³-hybridized carbons (Fsp3) is 0.316. The highest BCUT2D eigenvalue weighted by Gasteiger charge is 2.22. The number of hydrogen-bond donors (Lipinski definition) is 0. The molecule has 0 saturated heterocycles. The molecule has 0 N–H and O–H groups in total. The summed E-state index contributed by atoms with van der Waals surface area (Å²) in [5.41, 5.74) is 5.55. The summed E-state index contributed by atoms with van der Waals surface area (Å²) < 4.78 is 2.48. The van der Waals surface area contributed by atoms with E-state index < -0.39 is 0 Å². The van der Waals surface area contributed by atoms with Crippen LogP contribution in [0.25, 0.3) is 10.9 Å². The number of nitrogens with zero attached hydrogens (tertiary/aromatic N) is 3. The van der Waals surface area contributed by atoms with Crippen LogP contribution in [-0.2, 0) is 25.9 Å². The first kappa shape index (κ1) is 14.7. The van der Waals surface area contributed by atoms with Crippen LogP contribution in [0.1, 0.15) is 16.8 Å². The summed E-state index contributed by atoms with van der Waals surface area (Å²) in [4.78, 5) is 6.49. The largest absolute Gasteiger partial charge is 0.344 e. The zero-order valence-corrected chi connectivity index (χ0v) is 14.1. The lowest BCUT2D eigenvalue weighted by Gasteiger charge is -2.24. The second kappa shape index (κ2) is 5.99. The molecule has 0 radical (unpaired) electrons. The summed E-state index contributed by atoms with van der Waals surface area (Å²) in [6.07, 6.45) is 5.85. The third kappa shape index (κ3) is 2.75. The van der Waals surface area contributed by atoms with Crippen molar-refractivity contribution in [3.8, 4) is 0 Å². The molecule has 1 aromatic carbocycles. The topological polar surface area (TPSA) is 21.1 Å². The Kier molecular flexibility index (Phi) is 3.83. The number of rotatable bonds is 3. The third-order valence-corrected chi connectivity index (χ3v) is 5.02. The zero-order valence-electron chi connectivity index (χ0n) is 13.3. The number of pyridine rings is 1. The minimum atomic E-state index is 0.811. The van der Waals surface area contributed by atoms with Crippen molar-refractivity contribution >= 4 is 22.5 Å². The lowest BCUT2D eigenvalue weighted by molar-refractivity contribution is 0.309. The van der Waals surface area contributed by atoms with Crippen LogP contribution in [0.4, 0.5) is 0 Å². The summed E-state index contributed by atoms with van der Waals surface area (Å²) in [5, 5.41) is 2.16. The van der Waals surface area contributed by atoms with Gasteiger partial charge in [0.25, 0.3) is 0 Å². The Bertz CT molecular complexity index is 839. The maximum Gasteiger partial charge on any atom is 0.0500 e. The van der Waals surface area contributed by atoms with Crippen LogP contribution in [0.5, 0.6) is 0 Å². The molecule has 23 heavy (non-hydrogen) atoms. The van der Waals surface area contributed by atoms with Crippen LogP contribution in [0.3, 0.4) is 0 Å². The predicted molar refractivity (Wildman–Crippen MR) is 94.9 cm³/mol. The van der Waals surface area contributed by atoms with Gasteiger partial charge in [-0.05, 0) is 48.9 Å². The fourth-order valence-corrected chi connectivity index (χ4v) is 3.77. The maximum atomic E-state index is 6.27. The van der Waals surface area contributed by atoms with Gasteiger partial charge in [0, 0.05) is 54.6 Å². The molecule has 3 nitrogen and oxygen atoms in total. The summed E-state index contributed by atoms with van der Waals surface area (Å²) in [6.45, 7) is 3.13. The molecule has 0 saturated carbocycles. The standard InChI is InChI=1S/C19H20ClN3/c1-22-10-7-18-17(13-22)16-3-2-15(20)12-19(16)23(18)11-6-14-4-8-21-9-5-14/h2-5,8-9,12H,6-7,10-11,13H2,1H3. The molecule has 3 aromatic rings. The van der Waals surface area contributed by atoms with Crippen molar-refractivity contribution < 1.29 is 0 Å². The molecule has 4 heteroatoms. The zero-order chi connectivity index (χ0) is 15.8. The number of benzene rings is 1. The lowest BCUT2D eigenvalue weighted by atomic mass is 10.1. The molecule has 0 spiro atoms. The van der Waals surface area contributed by atoms with Gasteiger partial charge >= 0.3 is 0 Å². The van der Waals surface area contributed by atoms with E-state index in [4.69, 9.17) is 11.6 Å². The van der Waals surface area contributed by atoms with Crippen LogP contribution in [0, 0.1) is 0 Å². The number of hydrogen-bond acceptors (Lipinski definition) is 2. The minimum Gasteiger partial charge on any atom is -0.344 e. The van der Waals surface area contributed by atoms with Gasteiger partial charge in [0.1, 0.15) is 0 Å². The minimum absolute atomic E-state index is 0.811. The van der Waals surface area contributed by atoms with Crippen molar-refractivity contribution in [1.82, 2.24) is 14.5 Å². The first-order valence-electron chi connectivity index (χ1n) is 8.09. The Morgan fingerprint density at radius 3 is 2.83 bits per heavy atom. The van der Waals surface area contributed by atoms with Crippen LogP contribution in [0.15, 0.2) is 42.7 Å². The van der Waals surface area contributed by atoms with E-state index in [0.29, 0.717) is 0 Å². The molecule has 0 unspecified atom stereocenters. The van der Waals surface area contributed by atoms with Gasteiger partial charge in [-0.25, -0.2) is 0 Å². The first-order chi connectivity index (χ1) is 11.2. The first-order valence-corrected chi connectivity index (χ1v) is 8.47. The smallest absolute Gasteiger partial charge is 0.0500 e. The van der Waals surface area contributed by atoms with Crippen molar-refractivity contribution in [2.24, 2.45) is 0 Å². The van der Waals surface area contributed by atoms with Crippen molar-refractivity contribution in [1.29, 1.82) is 0 Å². The van der Waals surface area contributed by atoms with Crippen LogP contribution in [-0.4, -0.2) is 28.0 Å². The number of halogens is 1. The van der Waals surface area contributed by atoms with E-state index in [-0.39, 0.29) is 0 Å². The molecule has 0 bridgehead atoms. The van der Waals surface area contributed by atoms with Crippen LogP contribution in [0.2, 0.25) is 5.02 Å². The van der Waals surface area contributed by atoms with E-state index in [1.807, 2.05) is 18.5 Å². The number of likely N-dealkylation sites (N-methyl/N-ethyl adjacent to an activating group) is 1. The van der Waals surface area contributed by atoms with Gasteiger partial charge in [0.2, 0.25) is 0 Å². The number of aromatic nitrogens is 2. The molecule has 1 aliphatic heterocycles. The molecular formula is C19H20ClN3. The highest BCUT2D eigenvalue weighted by atomic mass is 35.5. The Balaban J connectivity index is 1.77. The Hall–Kier alpha value is -1.84. The molecule has 0 fully saturated rings. The SMILES string of the molecule is CN1CCc2c(c3ccc(Cl)cc3n2CCc2ccncc2)C1. The van der Waals surface area contributed by atoms with E-state index in [0.717, 1.165) is 37.5 Å². The van der Waals surface area contributed by atoms with E-state index in [2.05, 4.69) is 45.8 Å². The summed E-state index contributed by atoms with van der Waals surface area (Å²) in [5.74, 6) is 0. The average Bonchev–Trinajstić information content (AvgIpc) is 2.86. The lowest BCUT2D eigenvalue weighted by Crippen LogP contribution is -2.27. The quantitative estimate of drug-likeness (QED) is 0.727. The molecule has 118 valence electrons. The van der Waals surface area contributed by atoms with E-state index in [1.54, 1.807) is 0 Å². The Morgan fingerprint density at radius 1 is 1.17 bits per heavy atom. The van der Waals surface area contributed by atoms with Gasteiger partial charge in [0.15, 0.2) is 0 Å². The van der Waals surface area contributed by atoms with E-state index >= 15 is 0 Å². The molecule has 0 atom stereocenters. The summed E-state index contributed by atoms with van der Waals surface area (Å²) in [7, 11) is 2.19. The Morgan fingerprint density at radius 2 is 2.00 bits per heavy atom. The monoisotopic (exact) mass is 325 g/mol. The van der Waals surface area contributed by atoms with Gasteiger partial charge in [-0.3, -0.25) is 4.98 Å². The van der Waals surface area contributed by atoms with Crippen molar-refractivity contribution in [3.05, 3.63) is 64.6 Å². The maximum absolute atomic E-state index is 6.27. The summed E-state index contributed by atoms with van der Waals surface area (Å²) >= 11 is 6.27. The summed E-state index contributed by atoms with van der Waals surface area (Å²) in [6, 6.07) is 10.5. The van der Waals surface area contributed by atoms with Crippen molar-refractivity contribution in [2.75, 3.05) is 13.6 Å². The third-order valence-electron chi connectivity index (χ3n) is 4.78. The van der Waals surface area contributed by atoms with Gasteiger partial charge in [0.05, 0.1) is 5.52 Å². The van der Waals surface area contributed by atoms with Gasteiger partial charge < -0.3 is 9.47 Å². The molecule has 0 amide bonds. The highest BCUT2D eigenvalue weighted by molar-refractivity contribution is 6.31. The van der Waals surface area contributed by atoms with Crippen molar-refractivity contribution in [3.63, 3.8) is 0 Å². The second-order valence-corrected chi connectivity index (χ2v) is 6.77. The number of aryl methyl sites for hydroxylation is 2.